The van der Waals surface area contributed by atoms with Crippen LogP contribution in [0.3, 0.4) is 0 Å². The number of esters is 2. The molecular weight excluding hydrogens is 380 g/mol. The van der Waals surface area contributed by atoms with Crippen molar-refractivity contribution in [1.29, 1.82) is 0 Å². The van der Waals surface area contributed by atoms with Gasteiger partial charge in [-0.05, 0) is 26.3 Å². The molecule has 1 N–H and O–H groups in total. The number of carbonyl (C=O) groups is 2. The molecular formula is C19H20N4O6. The molecule has 152 valence electrons. The van der Waals surface area contributed by atoms with E-state index in [4.69, 9.17) is 9.47 Å². The topological polar surface area (TPSA) is 126 Å². The first-order valence-corrected chi connectivity index (χ1v) is 9.02. The molecule has 0 bridgehead atoms. The number of allylic oxidation sites excluding steroid dienone is 1. The van der Waals surface area contributed by atoms with Crippen molar-refractivity contribution in [3.8, 4) is 0 Å². The van der Waals surface area contributed by atoms with E-state index in [0.29, 0.717) is 17.1 Å². The molecule has 1 aliphatic rings. The average Bonchev–Trinajstić information content (AvgIpc) is 3.10. The summed E-state index contributed by atoms with van der Waals surface area (Å²) in [6, 6.07) is 5.20. The molecule has 0 spiro atoms. The molecule has 10 nitrogen and oxygen atoms in total. The smallest absolute Gasteiger partial charge is 0.360 e. The number of non-ortho nitro benzene ring substituents is 1. The van der Waals surface area contributed by atoms with Crippen LogP contribution in [0.5, 0.6) is 0 Å². The van der Waals surface area contributed by atoms with Crippen molar-refractivity contribution in [2.24, 2.45) is 0 Å². The number of carbonyl (C=O) groups excluding carboxylic acids is 2. The third-order valence-electron chi connectivity index (χ3n) is 4.42. The summed E-state index contributed by atoms with van der Waals surface area (Å²) in [5.41, 5.74) is 1.15. The number of anilines is 1. The Morgan fingerprint density at radius 3 is 2.59 bits per heavy atom. The number of hydrogen-bond acceptors (Lipinski definition) is 8. The number of nitro benzene ring substituents is 1. The van der Waals surface area contributed by atoms with Crippen molar-refractivity contribution in [3.05, 3.63) is 63.2 Å². The molecule has 0 fully saturated rings. The Bertz CT molecular complexity index is 1010. The number of ether oxygens (including phenoxy) is 2. The van der Waals surface area contributed by atoms with Gasteiger partial charge in [-0.25, -0.2) is 14.6 Å². The zero-order valence-corrected chi connectivity index (χ0v) is 16.2. The minimum absolute atomic E-state index is 0.0598. The van der Waals surface area contributed by atoms with Crippen LogP contribution < -0.4 is 5.32 Å². The molecule has 0 radical (unpaired) electrons. The third kappa shape index (κ3) is 3.68. The van der Waals surface area contributed by atoms with E-state index >= 15 is 0 Å². The summed E-state index contributed by atoms with van der Waals surface area (Å²) in [6.07, 6.45) is 1.39. The summed E-state index contributed by atoms with van der Waals surface area (Å²) in [5, 5.41) is 14.3. The molecule has 0 aliphatic carbocycles. The summed E-state index contributed by atoms with van der Waals surface area (Å²) >= 11 is 0. The standard InChI is InChI=1S/C19H20N4O6/c1-4-28-18(24)14-11(3)21-17-15(19(25)29-5-2)20-10-22(17)16(14)12-7-6-8-13(9-12)23(26)27/h6-10,16,21H,4-5H2,1-3H3. The van der Waals surface area contributed by atoms with Crippen LogP contribution in [0.25, 0.3) is 0 Å². The van der Waals surface area contributed by atoms with Gasteiger partial charge in [0, 0.05) is 17.8 Å². The Morgan fingerprint density at radius 1 is 1.24 bits per heavy atom. The number of benzene rings is 1. The van der Waals surface area contributed by atoms with Crippen LogP contribution in [0.1, 0.15) is 42.9 Å². The van der Waals surface area contributed by atoms with Gasteiger partial charge in [0.2, 0.25) is 0 Å². The summed E-state index contributed by atoms with van der Waals surface area (Å²) in [7, 11) is 0. The van der Waals surface area contributed by atoms with Gasteiger partial charge in [0.05, 0.1) is 36.1 Å². The second kappa shape index (κ2) is 8.13. The first-order valence-electron chi connectivity index (χ1n) is 9.02. The van der Waals surface area contributed by atoms with Gasteiger partial charge in [0.1, 0.15) is 5.82 Å². The van der Waals surface area contributed by atoms with Gasteiger partial charge in [-0.15, -0.1) is 0 Å². The SMILES string of the molecule is CCOC(=O)C1=C(C)Nc2c(C(=O)OCC)ncn2C1c1cccc([N+](=O)[O-])c1. The highest BCUT2D eigenvalue weighted by molar-refractivity contribution is 5.96. The minimum atomic E-state index is -0.763. The number of nitrogens with one attached hydrogen (secondary N) is 1. The molecule has 2 aromatic rings. The zero-order chi connectivity index (χ0) is 21.1. The largest absolute Gasteiger partial charge is 0.463 e. The number of fused-ring (bicyclic) bond motifs is 1. The molecule has 1 unspecified atom stereocenters. The van der Waals surface area contributed by atoms with Crippen molar-refractivity contribution in [2.45, 2.75) is 26.8 Å². The molecule has 1 aliphatic heterocycles. The third-order valence-corrected chi connectivity index (χ3v) is 4.42. The summed E-state index contributed by atoms with van der Waals surface area (Å²) in [5.74, 6) is -0.838. The van der Waals surface area contributed by atoms with Gasteiger partial charge in [-0.2, -0.15) is 0 Å². The maximum atomic E-state index is 12.7. The van der Waals surface area contributed by atoms with Gasteiger partial charge in [-0.1, -0.05) is 12.1 Å². The average molecular weight is 400 g/mol. The second-order valence-electron chi connectivity index (χ2n) is 6.21. The molecule has 0 saturated carbocycles. The molecule has 1 atom stereocenters. The Hall–Kier alpha value is -3.69. The van der Waals surface area contributed by atoms with Crippen molar-refractivity contribution in [1.82, 2.24) is 9.55 Å². The van der Waals surface area contributed by atoms with Crippen molar-refractivity contribution in [2.75, 3.05) is 18.5 Å². The number of rotatable bonds is 6. The van der Waals surface area contributed by atoms with E-state index in [2.05, 4.69) is 10.3 Å². The normalized spacial score (nSPS) is 15.3. The van der Waals surface area contributed by atoms with E-state index in [-0.39, 0.29) is 30.2 Å². The highest BCUT2D eigenvalue weighted by Crippen LogP contribution is 2.39. The number of aromatic nitrogens is 2. The lowest BCUT2D eigenvalue weighted by Gasteiger charge is -2.30. The fourth-order valence-electron chi connectivity index (χ4n) is 3.23. The van der Waals surface area contributed by atoms with Crippen molar-refractivity contribution < 1.29 is 24.0 Å². The van der Waals surface area contributed by atoms with Crippen LogP contribution in [0.2, 0.25) is 0 Å². The molecule has 29 heavy (non-hydrogen) atoms. The molecule has 10 heteroatoms. The molecule has 1 aromatic carbocycles. The second-order valence-corrected chi connectivity index (χ2v) is 6.21. The predicted molar refractivity (Wildman–Crippen MR) is 102 cm³/mol. The maximum Gasteiger partial charge on any atom is 0.360 e. The lowest BCUT2D eigenvalue weighted by molar-refractivity contribution is -0.384. The van der Waals surface area contributed by atoms with Crippen LogP contribution in [0.15, 0.2) is 41.9 Å². The lowest BCUT2D eigenvalue weighted by Crippen LogP contribution is -2.29. The van der Waals surface area contributed by atoms with E-state index in [0.717, 1.165) is 0 Å². The van der Waals surface area contributed by atoms with Gasteiger partial charge in [0.25, 0.3) is 5.69 Å². The molecule has 3 rings (SSSR count). The van der Waals surface area contributed by atoms with Crippen LogP contribution >= 0.6 is 0 Å². The Kier molecular flexibility index (Phi) is 5.62. The molecule has 0 amide bonds. The van der Waals surface area contributed by atoms with E-state index < -0.39 is 22.9 Å². The summed E-state index contributed by atoms with van der Waals surface area (Å²) < 4.78 is 11.8. The number of nitrogens with zero attached hydrogens (tertiary/aromatic N) is 3. The van der Waals surface area contributed by atoms with Crippen molar-refractivity contribution >= 4 is 23.4 Å². The summed E-state index contributed by atoms with van der Waals surface area (Å²) in [4.78, 5) is 39.8. The Morgan fingerprint density at radius 2 is 1.93 bits per heavy atom. The predicted octanol–water partition coefficient (Wildman–Crippen LogP) is 2.82. The lowest BCUT2D eigenvalue weighted by atomic mass is 9.94. The van der Waals surface area contributed by atoms with Gasteiger partial charge in [-0.3, -0.25) is 10.1 Å². The first kappa shape index (κ1) is 20.1. The molecule has 2 heterocycles. The minimum Gasteiger partial charge on any atom is -0.463 e. The van der Waals surface area contributed by atoms with E-state index in [1.807, 2.05) is 0 Å². The van der Waals surface area contributed by atoms with Crippen molar-refractivity contribution in [3.63, 3.8) is 0 Å². The Balaban J connectivity index is 2.19. The highest BCUT2D eigenvalue weighted by atomic mass is 16.6. The quantitative estimate of drug-likeness (QED) is 0.446. The fourth-order valence-corrected chi connectivity index (χ4v) is 3.23. The highest BCUT2D eigenvalue weighted by Gasteiger charge is 2.36. The van der Waals surface area contributed by atoms with Crippen LogP contribution in [0.4, 0.5) is 11.5 Å². The molecule has 1 aromatic heterocycles. The van der Waals surface area contributed by atoms with Gasteiger partial charge in [0.15, 0.2) is 5.69 Å². The zero-order valence-electron chi connectivity index (χ0n) is 16.2. The summed E-state index contributed by atoms with van der Waals surface area (Å²) in [6.45, 7) is 5.39. The monoisotopic (exact) mass is 400 g/mol. The number of nitro groups is 1. The Labute approximate surface area is 166 Å². The van der Waals surface area contributed by atoms with Gasteiger partial charge < -0.3 is 19.4 Å². The number of imidazole rings is 1. The molecule has 0 saturated heterocycles. The van der Waals surface area contributed by atoms with Crippen LogP contribution in [-0.2, 0) is 14.3 Å². The van der Waals surface area contributed by atoms with Crippen LogP contribution in [-0.4, -0.2) is 39.6 Å². The van der Waals surface area contributed by atoms with E-state index in [9.17, 15) is 19.7 Å². The maximum absolute atomic E-state index is 12.7. The van der Waals surface area contributed by atoms with E-state index in [1.165, 1.54) is 24.5 Å². The number of hydrogen-bond donors (Lipinski definition) is 1. The van der Waals surface area contributed by atoms with Crippen LogP contribution in [0, 0.1) is 10.1 Å². The van der Waals surface area contributed by atoms with Gasteiger partial charge >= 0.3 is 11.9 Å². The first-order chi connectivity index (χ1) is 13.9. The van der Waals surface area contributed by atoms with E-state index in [1.54, 1.807) is 31.4 Å². The fraction of sp³-hybridized carbons (Fsp3) is 0.316.